The molecule has 2 aliphatic rings. The van der Waals surface area contributed by atoms with E-state index in [9.17, 15) is 9.59 Å². The molecule has 0 aromatic heterocycles. The van der Waals surface area contributed by atoms with Gasteiger partial charge < -0.3 is 14.7 Å². The van der Waals surface area contributed by atoms with E-state index in [1.165, 1.54) is 0 Å². The Morgan fingerprint density at radius 2 is 1.88 bits per heavy atom. The molecule has 0 aliphatic carbocycles. The molecule has 26 heavy (non-hydrogen) atoms. The van der Waals surface area contributed by atoms with Crippen molar-refractivity contribution in [1.82, 2.24) is 14.7 Å². The van der Waals surface area contributed by atoms with Gasteiger partial charge in [0.25, 0.3) is 0 Å². The van der Waals surface area contributed by atoms with Crippen LogP contribution in [0.5, 0.6) is 0 Å². The van der Waals surface area contributed by atoms with Crippen LogP contribution in [-0.4, -0.2) is 66.3 Å². The second-order valence-electron chi connectivity index (χ2n) is 7.78. The molecule has 2 atom stereocenters. The van der Waals surface area contributed by atoms with Crippen molar-refractivity contribution in [3.8, 4) is 0 Å². The SMILES string of the molecule is CCN1C(=O)C[C@@H](C(=O)N(C)C2CCN(C)CC2)[C@@H]1c1ccccc1C. The molecule has 2 fully saturated rings. The molecule has 142 valence electrons. The van der Waals surface area contributed by atoms with E-state index >= 15 is 0 Å². The fraction of sp³-hybridized carbons (Fsp3) is 0.619. The number of hydrogen-bond acceptors (Lipinski definition) is 3. The Kier molecular flexibility index (Phi) is 5.66. The third-order valence-electron chi connectivity index (χ3n) is 6.18. The van der Waals surface area contributed by atoms with E-state index in [0.29, 0.717) is 13.0 Å². The lowest BCUT2D eigenvalue weighted by atomic mass is 9.89. The van der Waals surface area contributed by atoms with E-state index in [1.807, 2.05) is 35.9 Å². The molecule has 0 unspecified atom stereocenters. The lowest BCUT2D eigenvalue weighted by Crippen LogP contribution is -2.47. The number of carbonyl (C=O) groups excluding carboxylic acids is 2. The van der Waals surface area contributed by atoms with Gasteiger partial charge in [0, 0.05) is 26.1 Å². The van der Waals surface area contributed by atoms with Gasteiger partial charge in [-0.25, -0.2) is 0 Å². The Balaban J connectivity index is 1.85. The number of piperidine rings is 1. The van der Waals surface area contributed by atoms with E-state index in [1.54, 1.807) is 0 Å². The van der Waals surface area contributed by atoms with Crippen LogP contribution >= 0.6 is 0 Å². The topological polar surface area (TPSA) is 43.9 Å². The van der Waals surface area contributed by atoms with E-state index in [2.05, 4.69) is 31.0 Å². The zero-order chi connectivity index (χ0) is 18.8. The number of carbonyl (C=O) groups is 2. The highest BCUT2D eigenvalue weighted by Crippen LogP contribution is 2.40. The normalized spacial score (nSPS) is 24.9. The number of benzene rings is 1. The van der Waals surface area contributed by atoms with Crippen molar-refractivity contribution in [2.45, 2.75) is 45.2 Å². The largest absolute Gasteiger partial charge is 0.342 e. The maximum absolute atomic E-state index is 13.4. The summed E-state index contributed by atoms with van der Waals surface area (Å²) in [6.45, 7) is 6.74. The molecule has 0 N–H and O–H groups in total. The van der Waals surface area contributed by atoms with Crippen molar-refractivity contribution in [1.29, 1.82) is 0 Å². The number of aryl methyl sites for hydroxylation is 1. The van der Waals surface area contributed by atoms with Gasteiger partial charge in [-0.3, -0.25) is 9.59 Å². The van der Waals surface area contributed by atoms with Crippen LogP contribution in [0.1, 0.15) is 43.4 Å². The van der Waals surface area contributed by atoms with E-state index in [-0.39, 0.29) is 29.8 Å². The predicted molar refractivity (Wildman–Crippen MR) is 103 cm³/mol. The molecule has 2 amide bonds. The summed E-state index contributed by atoms with van der Waals surface area (Å²) in [7, 11) is 4.05. The summed E-state index contributed by atoms with van der Waals surface area (Å²) in [5, 5.41) is 0. The maximum atomic E-state index is 13.4. The first-order valence-electron chi connectivity index (χ1n) is 9.74. The van der Waals surface area contributed by atoms with Gasteiger partial charge in [0.1, 0.15) is 0 Å². The average Bonchev–Trinajstić information content (AvgIpc) is 2.97. The van der Waals surface area contributed by atoms with E-state index in [4.69, 9.17) is 0 Å². The molecule has 1 aromatic carbocycles. The van der Waals surface area contributed by atoms with Crippen molar-refractivity contribution >= 4 is 11.8 Å². The van der Waals surface area contributed by atoms with Crippen molar-refractivity contribution in [2.24, 2.45) is 5.92 Å². The number of likely N-dealkylation sites (tertiary alicyclic amines) is 2. The summed E-state index contributed by atoms with van der Waals surface area (Å²) in [6.07, 6.45) is 2.33. The summed E-state index contributed by atoms with van der Waals surface area (Å²) in [5.74, 6) is -0.0683. The molecule has 3 rings (SSSR count). The minimum absolute atomic E-state index is 0.0934. The molecule has 0 radical (unpaired) electrons. The molecular weight excluding hydrogens is 326 g/mol. The predicted octanol–water partition coefficient (Wildman–Crippen LogP) is 2.46. The van der Waals surface area contributed by atoms with Crippen LogP contribution in [0.3, 0.4) is 0 Å². The maximum Gasteiger partial charge on any atom is 0.228 e. The molecular formula is C21H31N3O2. The van der Waals surface area contributed by atoms with Crippen molar-refractivity contribution in [3.63, 3.8) is 0 Å². The number of rotatable bonds is 4. The molecule has 2 aliphatic heterocycles. The minimum atomic E-state index is -0.284. The van der Waals surface area contributed by atoms with E-state index in [0.717, 1.165) is 37.1 Å². The standard InChI is InChI=1S/C21H31N3O2/c1-5-24-19(25)14-18(20(24)17-9-7-6-8-15(17)2)21(26)23(4)16-10-12-22(3)13-11-16/h6-9,16,18,20H,5,10-14H2,1-4H3/t18-,20+/m1/s1. The lowest BCUT2D eigenvalue weighted by molar-refractivity contribution is -0.138. The van der Waals surface area contributed by atoms with Crippen LogP contribution in [-0.2, 0) is 9.59 Å². The summed E-state index contributed by atoms with van der Waals surface area (Å²) < 4.78 is 0. The van der Waals surface area contributed by atoms with Gasteiger partial charge in [0.15, 0.2) is 0 Å². The number of amides is 2. The van der Waals surface area contributed by atoms with Gasteiger partial charge >= 0.3 is 0 Å². The molecule has 5 heteroatoms. The van der Waals surface area contributed by atoms with Crippen molar-refractivity contribution in [2.75, 3.05) is 33.7 Å². The highest BCUT2D eigenvalue weighted by Gasteiger charge is 2.45. The summed E-state index contributed by atoms with van der Waals surface area (Å²) in [5.41, 5.74) is 2.25. The Hall–Kier alpha value is -1.88. The van der Waals surface area contributed by atoms with Crippen LogP contribution in [0.2, 0.25) is 0 Å². The molecule has 2 heterocycles. The summed E-state index contributed by atoms with van der Waals surface area (Å²) in [4.78, 5) is 32.1. The quantitative estimate of drug-likeness (QED) is 0.831. The second-order valence-corrected chi connectivity index (χ2v) is 7.78. The molecule has 0 bridgehead atoms. The molecule has 5 nitrogen and oxygen atoms in total. The van der Waals surface area contributed by atoms with Crippen molar-refractivity contribution in [3.05, 3.63) is 35.4 Å². The number of hydrogen-bond donors (Lipinski definition) is 0. The Bertz CT molecular complexity index is 667. The monoisotopic (exact) mass is 357 g/mol. The molecule has 0 saturated carbocycles. The zero-order valence-electron chi connectivity index (χ0n) is 16.4. The first-order chi connectivity index (χ1) is 12.4. The highest BCUT2D eigenvalue weighted by molar-refractivity contribution is 5.90. The lowest BCUT2D eigenvalue weighted by Gasteiger charge is -2.37. The van der Waals surface area contributed by atoms with Gasteiger partial charge in [-0.15, -0.1) is 0 Å². The average molecular weight is 357 g/mol. The third kappa shape index (κ3) is 3.50. The fourth-order valence-corrected chi connectivity index (χ4v) is 4.51. The zero-order valence-corrected chi connectivity index (χ0v) is 16.4. The van der Waals surface area contributed by atoms with Crippen LogP contribution in [0, 0.1) is 12.8 Å². The Morgan fingerprint density at radius 3 is 2.50 bits per heavy atom. The fourth-order valence-electron chi connectivity index (χ4n) is 4.51. The van der Waals surface area contributed by atoms with Crippen LogP contribution in [0.4, 0.5) is 0 Å². The first kappa shape index (κ1) is 18.9. The summed E-state index contributed by atoms with van der Waals surface area (Å²) in [6, 6.07) is 8.27. The minimum Gasteiger partial charge on any atom is -0.342 e. The highest BCUT2D eigenvalue weighted by atomic mass is 16.2. The summed E-state index contributed by atoms with van der Waals surface area (Å²) >= 11 is 0. The molecule has 1 aromatic rings. The van der Waals surface area contributed by atoms with Crippen molar-refractivity contribution < 1.29 is 9.59 Å². The first-order valence-corrected chi connectivity index (χ1v) is 9.74. The smallest absolute Gasteiger partial charge is 0.228 e. The third-order valence-corrected chi connectivity index (χ3v) is 6.18. The van der Waals surface area contributed by atoms with Crippen LogP contribution in [0.15, 0.2) is 24.3 Å². The van der Waals surface area contributed by atoms with Crippen LogP contribution in [0.25, 0.3) is 0 Å². The Labute approximate surface area is 156 Å². The van der Waals surface area contributed by atoms with Gasteiger partial charge in [0.05, 0.1) is 12.0 Å². The van der Waals surface area contributed by atoms with Gasteiger partial charge in [-0.2, -0.15) is 0 Å². The van der Waals surface area contributed by atoms with Gasteiger partial charge in [-0.1, -0.05) is 24.3 Å². The van der Waals surface area contributed by atoms with E-state index < -0.39 is 0 Å². The molecule has 2 saturated heterocycles. The second kappa shape index (κ2) is 7.78. The van der Waals surface area contributed by atoms with Gasteiger partial charge in [0.2, 0.25) is 11.8 Å². The number of nitrogens with zero attached hydrogens (tertiary/aromatic N) is 3. The molecule has 0 spiro atoms. The van der Waals surface area contributed by atoms with Gasteiger partial charge in [-0.05, 0) is 58.0 Å². The van der Waals surface area contributed by atoms with Crippen LogP contribution < -0.4 is 0 Å². The Morgan fingerprint density at radius 1 is 1.23 bits per heavy atom.